The first kappa shape index (κ1) is 20.2. The van der Waals surface area contributed by atoms with E-state index in [4.69, 9.17) is 17.0 Å². The van der Waals surface area contributed by atoms with E-state index in [9.17, 15) is 9.59 Å². The molecule has 2 bridgehead atoms. The van der Waals surface area contributed by atoms with Gasteiger partial charge in [0, 0.05) is 42.9 Å². The third kappa shape index (κ3) is 4.41. The Morgan fingerprint density at radius 1 is 1.17 bits per heavy atom. The Morgan fingerprint density at radius 3 is 2.72 bits per heavy atom. The Morgan fingerprint density at radius 2 is 1.97 bits per heavy atom. The van der Waals surface area contributed by atoms with Crippen molar-refractivity contribution in [2.45, 2.75) is 25.8 Å². The largest absolute Gasteiger partial charge is 0.494 e. The monoisotopic (exact) mass is 428 g/mol. The number of Topliss-reactive ketones (excluding diaryl/α,β-unsaturated/α-hetero) is 1. The number of aromatic nitrogens is 1. The number of ether oxygens (including phenoxy) is 1. The topological polar surface area (TPSA) is 51.5 Å². The summed E-state index contributed by atoms with van der Waals surface area (Å²) in [4.78, 5) is 26.9. The van der Waals surface area contributed by atoms with Crippen molar-refractivity contribution in [3.8, 4) is 5.75 Å². The van der Waals surface area contributed by atoms with Crippen LogP contribution in [-0.4, -0.2) is 45.0 Å². The van der Waals surface area contributed by atoms with E-state index in [0.29, 0.717) is 29.8 Å². The van der Waals surface area contributed by atoms with Gasteiger partial charge in [-0.1, -0.05) is 30.0 Å². The van der Waals surface area contributed by atoms with Crippen molar-refractivity contribution < 1.29 is 9.53 Å². The smallest absolute Gasteiger partial charge is 0.250 e. The zero-order chi connectivity index (χ0) is 20.4. The molecule has 1 fully saturated rings. The van der Waals surface area contributed by atoms with Crippen molar-refractivity contribution in [1.29, 1.82) is 0 Å². The number of fused-ring (bicyclic) bond motifs is 4. The Hall–Kier alpha value is -2.12. The molecule has 2 aliphatic rings. The summed E-state index contributed by atoms with van der Waals surface area (Å²) in [6, 6.07) is 12.8. The van der Waals surface area contributed by atoms with Crippen LogP contribution in [0.15, 0.2) is 47.3 Å². The number of carbonyl (C=O) groups excluding carboxylic acids is 1. The van der Waals surface area contributed by atoms with Crippen LogP contribution in [0.4, 0.5) is 0 Å². The molecule has 7 heteroatoms. The maximum absolute atomic E-state index is 12.5. The average Bonchev–Trinajstić information content (AvgIpc) is 2.73. The molecule has 0 aliphatic carbocycles. The highest BCUT2D eigenvalue weighted by atomic mass is 32.2. The lowest BCUT2D eigenvalue weighted by atomic mass is 9.83. The van der Waals surface area contributed by atoms with Crippen LogP contribution >= 0.6 is 24.0 Å². The molecule has 0 unspecified atom stereocenters. The number of hydrogen-bond acceptors (Lipinski definition) is 5. The van der Waals surface area contributed by atoms with Gasteiger partial charge < -0.3 is 14.2 Å². The Labute approximate surface area is 180 Å². The number of pyridine rings is 1. The van der Waals surface area contributed by atoms with E-state index >= 15 is 0 Å². The number of rotatable bonds is 5. The van der Waals surface area contributed by atoms with Crippen LogP contribution in [0.3, 0.4) is 0 Å². The second kappa shape index (κ2) is 8.71. The Balaban J connectivity index is 1.36. The summed E-state index contributed by atoms with van der Waals surface area (Å²) < 4.78 is 8.11. The first-order valence-corrected chi connectivity index (χ1v) is 11.3. The predicted molar refractivity (Wildman–Crippen MR) is 120 cm³/mol. The van der Waals surface area contributed by atoms with Crippen molar-refractivity contribution in [3.63, 3.8) is 0 Å². The molecule has 1 aromatic carbocycles. The van der Waals surface area contributed by atoms with Gasteiger partial charge in [0.25, 0.3) is 5.56 Å². The molecule has 0 spiro atoms. The Kier molecular flexibility index (Phi) is 6.06. The van der Waals surface area contributed by atoms with Crippen LogP contribution in [0.25, 0.3) is 0 Å². The van der Waals surface area contributed by atoms with Crippen LogP contribution in [0.1, 0.15) is 35.3 Å². The number of ketones is 1. The molecular weight excluding hydrogens is 404 g/mol. The lowest BCUT2D eigenvalue weighted by Crippen LogP contribution is -2.48. The minimum absolute atomic E-state index is 0.0644. The SMILES string of the molecule is CCOc1ccc(C(=O)CSC(=S)N2C[C@H]3C[C@H](C2)c2cccc(=O)n2C3)cc1. The van der Waals surface area contributed by atoms with E-state index in [0.717, 1.165) is 41.8 Å². The van der Waals surface area contributed by atoms with Crippen LogP contribution in [0.5, 0.6) is 5.75 Å². The van der Waals surface area contributed by atoms with Crippen LogP contribution in [-0.2, 0) is 6.54 Å². The van der Waals surface area contributed by atoms with Crippen molar-refractivity contribution in [3.05, 3.63) is 64.1 Å². The number of benzene rings is 1. The predicted octanol–water partition coefficient (Wildman–Crippen LogP) is 3.57. The fourth-order valence-corrected chi connectivity index (χ4v) is 5.33. The number of piperidine rings is 1. The highest BCUT2D eigenvalue weighted by molar-refractivity contribution is 8.23. The van der Waals surface area contributed by atoms with Gasteiger partial charge in [-0.3, -0.25) is 9.59 Å². The molecule has 5 nitrogen and oxygen atoms in total. The van der Waals surface area contributed by atoms with Crippen molar-refractivity contribution in [2.75, 3.05) is 25.4 Å². The van der Waals surface area contributed by atoms with Gasteiger partial charge in [-0.15, -0.1) is 0 Å². The van der Waals surface area contributed by atoms with Gasteiger partial charge in [-0.25, -0.2) is 0 Å². The van der Waals surface area contributed by atoms with Gasteiger partial charge in [0.2, 0.25) is 0 Å². The number of nitrogens with zero attached hydrogens (tertiary/aromatic N) is 2. The molecule has 1 saturated heterocycles. The zero-order valence-electron chi connectivity index (χ0n) is 16.4. The number of hydrogen-bond donors (Lipinski definition) is 0. The Bertz CT molecular complexity index is 971. The number of thioether (sulfide) groups is 1. The van der Waals surface area contributed by atoms with Crippen LogP contribution in [0, 0.1) is 5.92 Å². The molecule has 2 aliphatic heterocycles. The quantitative estimate of drug-likeness (QED) is 0.536. The molecule has 152 valence electrons. The molecule has 3 heterocycles. The summed E-state index contributed by atoms with van der Waals surface area (Å²) in [6.07, 6.45) is 1.10. The molecule has 1 aromatic heterocycles. The van der Waals surface area contributed by atoms with E-state index < -0.39 is 0 Å². The number of likely N-dealkylation sites (tertiary alicyclic amines) is 1. The number of carbonyl (C=O) groups is 1. The van der Waals surface area contributed by atoms with Gasteiger partial charge in [0.1, 0.15) is 10.1 Å². The molecule has 2 atom stereocenters. The van der Waals surface area contributed by atoms with Gasteiger partial charge in [-0.2, -0.15) is 0 Å². The fraction of sp³-hybridized carbons (Fsp3) is 0.409. The van der Waals surface area contributed by atoms with Gasteiger partial charge in [0.05, 0.1) is 12.4 Å². The van der Waals surface area contributed by atoms with E-state index in [-0.39, 0.29) is 11.3 Å². The summed E-state index contributed by atoms with van der Waals surface area (Å²) in [7, 11) is 0. The molecule has 2 aromatic rings. The average molecular weight is 429 g/mol. The lowest BCUT2D eigenvalue weighted by molar-refractivity contribution is 0.102. The molecule has 0 N–H and O–H groups in total. The molecular formula is C22H24N2O3S2. The summed E-state index contributed by atoms with van der Waals surface area (Å²) >= 11 is 7.08. The lowest BCUT2D eigenvalue weighted by Gasteiger charge is -2.43. The van der Waals surface area contributed by atoms with E-state index in [1.54, 1.807) is 18.2 Å². The fourth-order valence-electron chi connectivity index (χ4n) is 4.25. The summed E-state index contributed by atoms with van der Waals surface area (Å²) in [5.74, 6) is 1.90. The molecule has 0 radical (unpaired) electrons. The van der Waals surface area contributed by atoms with Gasteiger partial charge >= 0.3 is 0 Å². The first-order valence-electron chi connectivity index (χ1n) is 9.92. The first-order chi connectivity index (χ1) is 14.0. The van der Waals surface area contributed by atoms with Crippen molar-refractivity contribution in [2.24, 2.45) is 5.92 Å². The normalized spacial score (nSPS) is 20.1. The second-order valence-electron chi connectivity index (χ2n) is 7.54. The molecule has 4 rings (SSSR count). The van der Waals surface area contributed by atoms with Gasteiger partial charge in [0.15, 0.2) is 5.78 Å². The molecule has 29 heavy (non-hydrogen) atoms. The van der Waals surface area contributed by atoms with Crippen LogP contribution in [0.2, 0.25) is 0 Å². The summed E-state index contributed by atoms with van der Waals surface area (Å²) in [5, 5.41) is 0. The van der Waals surface area contributed by atoms with Crippen LogP contribution < -0.4 is 10.3 Å². The van der Waals surface area contributed by atoms with Crippen molar-refractivity contribution >= 4 is 34.1 Å². The number of thiocarbonyl (C=S) groups is 1. The molecule has 0 amide bonds. The van der Waals surface area contributed by atoms with E-state index in [2.05, 4.69) is 11.0 Å². The summed E-state index contributed by atoms with van der Waals surface area (Å²) in [6.45, 7) is 4.94. The third-order valence-electron chi connectivity index (χ3n) is 5.55. The zero-order valence-corrected chi connectivity index (χ0v) is 18.0. The minimum atomic E-state index is 0.0644. The summed E-state index contributed by atoms with van der Waals surface area (Å²) in [5.41, 5.74) is 1.87. The van der Waals surface area contributed by atoms with E-state index in [1.165, 1.54) is 11.8 Å². The third-order valence-corrected chi connectivity index (χ3v) is 7.08. The van der Waals surface area contributed by atoms with Gasteiger partial charge in [-0.05, 0) is 49.6 Å². The second-order valence-corrected chi connectivity index (χ2v) is 9.15. The molecule has 0 saturated carbocycles. The highest BCUT2D eigenvalue weighted by Crippen LogP contribution is 2.36. The maximum atomic E-state index is 12.5. The minimum Gasteiger partial charge on any atom is -0.494 e. The van der Waals surface area contributed by atoms with Crippen molar-refractivity contribution in [1.82, 2.24) is 9.47 Å². The standard InChI is InChI=1S/C22H24N2O3S2/c1-2-27-18-8-6-16(7-9-18)20(25)14-29-22(28)23-11-15-10-17(13-23)19-4-3-5-21(26)24(19)12-15/h3-9,15,17H,2,10-14H2,1H3/t15-,17-/m1/s1. The highest BCUT2D eigenvalue weighted by Gasteiger charge is 2.35. The maximum Gasteiger partial charge on any atom is 0.250 e. The van der Waals surface area contributed by atoms with E-state index in [1.807, 2.05) is 29.7 Å².